The third-order valence-electron chi connectivity index (χ3n) is 4.08. The van der Waals surface area contributed by atoms with Crippen molar-refractivity contribution in [3.05, 3.63) is 64.5 Å². The van der Waals surface area contributed by atoms with Crippen molar-refractivity contribution in [2.45, 2.75) is 13.0 Å². The zero-order valence-electron chi connectivity index (χ0n) is 15.0. The number of nitrogens with one attached hydrogen (secondary N) is 2. The largest absolute Gasteiger partial charge is 0.497 e. The number of methoxy groups -OCH3 is 1. The molecule has 0 saturated carbocycles. The molecular weight excluding hydrogens is 382 g/mol. The Balaban J connectivity index is 1.53. The average Bonchev–Trinajstić information content (AvgIpc) is 3.15. The van der Waals surface area contributed by atoms with Crippen LogP contribution in [-0.2, 0) is 4.79 Å². The number of halogens is 1. The first kappa shape index (κ1) is 19.4. The molecule has 1 aromatic heterocycles. The van der Waals surface area contributed by atoms with Crippen LogP contribution in [0.4, 0.5) is 5.13 Å². The molecule has 1 atom stereocenters. The Bertz CT molecular complexity index is 894. The van der Waals surface area contributed by atoms with Gasteiger partial charge in [0.05, 0.1) is 19.3 Å². The van der Waals surface area contributed by atoms with Crippen LogP contribution in [0.25, 0.3) is 11.3 Å². The van der Waals surface area contributed by atoms with Crippen molar-refractivity contribution in [1.82, 2.24) is 10.3 Å². The molecule has 0 bridgehead atoms. The van der Waals surface area contributed by atoms with Gasteiger partial charge in [0.2, 0.25) is 5.91 Å². The van der Waals surface area contributed by atoms with Crippen LogP contribution >= 0.6 is 22.9 Å². The second-order valence-corrected chi connectivity index (χ2v) is 7.26. The van der Waals surface area contributed by atoms with Gasteiger partial charge in [-0.15, -0.1) is 11.3 Å². The van der Waals surface area contributed by atoms with E-state index >= 15 is 0 Å². The van der Waals surface area contributed by atoms with E-state index in [0.717, 1.165) is 22.6 Å². The van der Waals surface area contributed by atoms with Gasteiger partial charge in [-0.25, -0.2) is 4.98 Å². The van der Waals surface area contributed by atoms with Gasteiger partial charge in [-0.05, 0) is 48.9 Å². The zero-order valence-corrected chi connectivity index (χ0v) is 16.6. The summed E-state index contributed by atoms with van der Waals surface area (Å²) in [7, 11) is 1.63. The Labute approximate surface area is 167 Å². The van der Waals surface area contributed by atoms with E-state index < -0.39 is 0 Å². The lowest BCUT2D eigenvalue weighted by molar-refractivity contribution is -0.115. The number of thiazole rings is 1. The van der Waals surface area contributed by atoms with E-state index in [1.807, 2.05) is 60.8 Å². The minimum atomic E-state index is -0.133. The van der Waals surface area contributed by atoms with Gasteiger partial charge in [0, 0.05) is 22.0 Å². The van der Waals surface area contributed by atoms with E-state index in [2.05, 4.69) is 15.6 Å². The van der Waals surface area contributed by atoms with Crippen LogP contribution in [0.1, 0.15) is 18.5 Å². The molecule has 1 amide bonds. The number of aromatic nitrogens is 1. The van der Waals surface area contributed by atoms with Crippen LogP contribution in [0, 0.1) is 0 Å². The fourth-order valence-electron chi connectivity index (χ4n) is 2.50. The van der Waals surface area contributed by atoms with E-state index in [-0.39, 0.29) is 18.5 Å². The van der Waals surface area contributed by atoms with Gasteiger partial charge in [0.25, 0.3) is 0 Å². The van der Waals surface area contributed by atoms with Gasteiger partial charge in [0.15, 0.2) is 5.13 Å². The number of carbonyl (C=O) groups excluding carboxylic acids is 1. The van der Waals surface area contributed by atoms with Crippen molar-refractivity contribution in [2.24, 2.45) is 0 Å². The molecule has 3 rings (SSSR count). The van der Waals surface area contributed by atoms with E-state index in [1.54, 1.807) is 7.11 Å². The number of rotatable bonds is 7. The highest BCUT2D eigenvalue weighted by Crippen LogP contribution is 2.26. The summed E-state index contributed by atoms with van der Waals surface area (Å²) in [4.78, 5) is 16.7. The maximum absolute atomic E-state index is 12.2. The number of nitrogens with zero attached hydrogens (tertiary/aromatic N) is 1. The Hall–Kier alpha value is -2.41. The van der Waals surface area contributed by atoms with Crippen LogP contribution in [-0.4, -0.2) is 24.5 Å². The maximum atomic E-state index is 12.2. The van der Waals surface area contributed by atoms with Gasteiger partial charge in [-0.3, -0.25) is 4.79 Å². The predicted molar refractivity (Wildman–Crippen MR) is 111 cm³/mol. The number of ether oxygens (including phenoxy) is 1. The van der Waals surface area contributed by atoms with Gasteiger partial charge in [-0.1, -0.05) is 23.7 Å². The van der Waals surface area contributed by atoms with Gasteiger partial charge >= 0.3 is 0 Å². The number of carbonyl (C=O) groups is 1. The molecule has 0 aliphatic heterocycles. The summed E-state index contributed by atoms with van der Waals surface area (Å²) in [6, 6.07) is 15.3. The fraction of sp³-hybridized carbons (Fsp3) is 0.200. The lowest BCUT2D eigenvalue weighted by Crippen LogP contribution is -2.30. The minimum Gasteiger partial charge on any atom is -0.497 e. The molecule has 0 fully saturated rings. The van der Waals surface area contributed by atoms with E-state index in [4.69, 9.17) is 16.3 Å². The van der Waals surface area contributed by atoms with Gasteiger partial charge in [0.1, 0.15) is 5.75 Å². The van der Waals surface area contributed by atoms with Crippen molar-refractivity contribution in [3.8, 4) is 17.0 Å². The highest BCUT2D eigenvalue weighted by atomic mass is 35.5. The topological polar surface area (TPSA) is 63.2 Å². The highest BCUT2D eigenvalue weighted by Gasteiger charge is 2.11. The van der Waals surface area contributed by atoms with Crippen molar-refractivity contribution in [1.29, 1.82) is 0 Å². The first-order chi connectivity index (χ1) is 13.0. The van der Waals surface area contributed by atoms with Crippen molar-refractivity contribution in [3.63, 3.8) is 0 Å². The first-order valence-corrected chi connectivity index (χ1v) is 9.69. The molecule has 0 saturated heterocycles. The quantitative estimate of drug-likeness (QED) is 0.599. The average molecular weight is 402 g/mol. The molecule has 0 spiro atoms. The SMILES string of the molecule is COc1ccc(-c2csc(NC(=O)CN[C@@H](C)c3ccc(Cl)cc3)n2)cc1. The Morgan fingerprint density at radius 2 is 1.89 bits per heavy atom. The summed E-state index contributed by atoms with van der Waals surface area (Å²) in [5, 5.41) is 9.22. The molecule has 2 N–H and O–H groups in total. The number of hydrogen-bond acceptors (Lipinski definition) is 5. The standard InChI is InChI=1S/C20H20ClN3O2S/c1-13(14-3-7-16(21)8-4-14)22-11-19(25)24-20-23-18(12-27-20)15-5-9-17(26-2)10-6-15/h3-10,12-13,22H,11H2,1-2H3,(H,23,24,25)/t13-/m0/s1. The van der Waals surface area contributed by atoms with Gasteiger partial charge < -0.3 is 15.4 Å². The van der Waals surface area contributed by atoms with Crippen molar-refractivity contribution >= 4 is 34.0 Å². The molecule has 3 aromatic rings. The number of anilines is 1. The third kappa shape index (κ3) is 5.29. The Kier molecular flexibility index (Phi) is 6.45. The lowest BCUT2D eigenvalue weighted by atomic mass is 10.1. The smallest absolute Gasteiger partial charge is 0.240 e. The molecule has 27 heavy (non-hydrogen) atoms. The molecule has 1 heterocycles. The summed E-state index contributed by atoms with van der Waals surface area (Å²) in [6.07, 6.45) is 0. The second kappa shape index (κ2) is 8.99. The van der Waals surface area contributed by atoms with Crippen LogP contribution in [0.3, 0.4) is 0 Å². The molecule has 140 valence electrons. The second-order valence-electron chi connectivity index (χ2n) is 5.97. The summed E-state index contributed by atoms with van der Waals surface area (Å²) < 4.78 is 5.16. The molecule has 0 radical (unpaired) electrons. The number of amides is 1. The summed E-state index contributed by atoms with van der Waals surface area (Å²) in [5.74, 6) is 0.662. The predicted octanol–water partition coefficient (Wildman–Crippen LogP) is 4.76. The Morgan fingerprint density at radius 3 is 2.56 bits per heavy atom. The van der Waals surface area contributed by atoms with E-state index in [9.17, 15) is 4.79 Å². The number of benzene rings is 2. The highest BCUT2D eigenvalue weighted by molar-refractivity contribution is 7.14. The summed E-state index contributed by atoms with van der Waals surface area (Å²) in [6.45, 7) is 2.20. The van der Waals surface area contributed by atoms with Crippen molar-refractivity contribution in [2.75, 3.05) is 19.0 Å². The summed E-state index contributed by atoms with van der Waals surface area (Å²) in [5.41, 5.74) is 2.87. The molecule has 0 aliphatic rings. The third-order valence-corrected chi connectivity index (χ3v) is 5.08. The van der Waals surface area contributed by atoms with E-state index in [0.29, 0.717) is 10.2 Å². The Morgan fingerprint density at radius 1 is 1.19 bits per heavy atom. The zero-order chi connectivity index (χ0) is 19.2. The summed E-state index contributed by atoms with van der Waals surface area (Å²) >= 11 is 7.30. The molecule has 7 heteroatoms. The first-order valence-electron chi connectivity index (χ1n) is 8.44. The van der Waals surface area contributed by atoms with Gasteiger partial charge in [-0.2, -0.15) is 0 Å². The monoisotopic (exact) mass is 401 g/mol. The molecule has 0 aliphatic carbocycles. The molecule has 5 nitrogen and oxygen atoms in total. The maximum Gasteiger partial charge on any atom is 0.240 e. The van der Waals surface area contributed by atoms with Crippen molar-refractivity contribution < 1.29 is 9.53 Å². The number of hydrogen-bond donors (Lipinski definition) is 2. The molecule has 2 aromatic carbocycles. The van der Waals surface area contributed by atoms with E-state index in [1.165, 1.54) is 11.3 Å². The van der Waals surface area contributed by atoms with Crippen LogP contribution in [0.15, 0.2) is 53.9 Å². The lowest BCUT2D eigenvalue weighted by Gasteiger charge is -2.13. The van der Waals surface area contributed by atoms with Crippen LogP contribution in [0.2, 0.25) is 5.02 Å². The normalized spacial score (nSPS) is 11.8. The van der Waals surface area contributed by atoms with Crippen LogP contribution in [0.5, 0.6) is 5.75 Å². The minimum absolute atomic E-state index is 0.0409. The molecule has 0 unspecified atom stereocenters. The van der Waals surface area contributed by atoms with Crippen LogP contribution < -0.4 is 15.4 Å². The molecular formula is C20H20ClN3O2S. The fourth-order valence-corrected chi connectivity index (χ4v) is 3.37.